The number of imidazole rings is 1. The highest BCUT2D eigenvalue weighted by Gasteiger charge is 2.13. The highest BCUT2D eigenvalue weighted by Crippen LogP contribution is 2.18. The van der Waals surface area contributed by atoms with Crippen LogP contribution in [0.4, 0.5) is 5.82 Å². The van der Waals surface area contributed by atoms with Crippen molar-refractivity contribution in [3.05, 3.63) is 53.1 Å². The van der Waals surface area contributed by atoms with Crippen LogP contribution in [0.3, 0.4) is 0 Å². The van der Waals surface area contributed by atoms with Crippen molar-refractivity contribution in [3.8, 4) is 0 Å². The number of aliphatic hydroxyl groups is 1. The first kappa shape index (κ1) is 18.3. The molecule has 26 heavy (non-hydrogen) atoms. The first-order valence-corrected chi connectivity index (χ1v) is 9.18. The van der Waals surface area contributed by atoms with E-state index in [1.807, 2.05) is 11.4 Å². The predicted octanol–water partition coefficient (Wildman–Crippen LogP) is 2.74. The van der Waals surface area contributed by atoms with E-state index in [-0.39, 0.29) is 0 Å². The van der Waals surface area contributed by atoms with Gasteiger partial charge >= 0.3 is 0 Å². The second kappa shape index (κ2) is 8.27. The van der Waals surface area contributed by atoms with Gasteiger partial charge in [0.1, 0.15) is 5.82 Å². The lowest BCUT2D eigenvalue weighted by atomic mass is 10.1. The summed E-state index contributed by atoms with van der Waals surface area (Å²) in [7, 11) is 1.00. The number of anilines is 1. The molecule has 4 rings (SSSR count). The van der Waals surface area contributed by atoms with E-state index in [2.05, 4.69) is 47.1 Å². The van der Waals surface area contributed by atoms with Gasteiger partial charge in [0, 0.05) is 25.9 Å². The van der Waals surface area contributed by atoms with Crippen LogP contribution in [0, 0.1) is 13.8 Å². The Balaban J connectivity index is 0.000000948. The molecule has 0 radical (unpaired) electrons. The molecule has 0 amide bonds. The standard InChI is InChI=1S/C19H23N5.CH4O/c1-14-15(2)24-19(20-14)11-10-17(22-24)9-8-16-6-5-7-18(21-16)23-12-3-4-13-23;1-2/h5-7,10-11H,3-4,8-9,12-13H2,1-2H3;2H,1H3. The van der Waals surface area contributed by atoms with Crippen LogP contribution < -0.4 is 4.90 Å². The number of nitrogens with zero attached hydrogens (tertiary/aromatic N) is 5. The molecule has 4 heterocycles. The maximum atomic E-state index is 7.00. The zero-order chi connectivity index (χ0) is 18.5. The molecule has 1 aliphatic heterocycles. The van der Waals surface area contributed by atoms with Gasteiger partial charge in [0.25, 0.3) is 0 Å². The summed E-state index contributed by atoms with van der Waals surface area (Å²) in [6, 6.07) is 10.5. The Morgan fingerprint density at radius 3 is 2.42 bits per heavy atom. The molecule has 0 bridgehead atoms. The van der Waals surface area contributed by atoms with E-state index < -0.39 is 0 Å². The number of aromatic nitrogens is 4. The first-order valence-electron chi connectivity index (χ1n) is 9.18. The number of hydrogen-bond acceptors (Lipinski definition) is 5. The van der Waals surface area contributed by atoms with E-state index in [1.165, 1.54) is 12.8 Å². The molecule has 0 spiro atoms. The van der Waals surface area contributed by atoms with Crippen molar-refractivity contribution in [1.82, 2.24) is 19.6 Å². The van der Waals surface area contributed by atoms with Gasteiger partial charge in [-0.15, -0.1) is 0 Å². The van der Waals surface area contributed by atoms with Gasteiger partial charge in [0.2, 0.25) is 0 Å². The van der Waals surface area contributed by atoms with Crippen LogP contribution in [0.1, 0.15) is 35.6 Å². The lowest BCUT2D eigenvalue weighted by Crippen LogP contribution is -2.19. The molecule has 6 heteroatoms. The lowest BCUT2D eigenvalue weighted by Gasteiger charge is -2.16. The van der Waals surface area contributed by atoms with Crippen LogP contribution in [0.2, 0.25) is 0 Å². The van der Waals surface area contributed by atoms with Crippen LogP contribution in [0.5, 0.6) is 0 Å². The first-order chi connectivity index (χ1) is 12.7. The number of rotatable bonds is 4. The minimum Gasteiger partial charge on any atom is -0.400 e. The van der Waals surface area contributed by atoms with Crippen LogP contribution in [-0.4, -0.2) is 44.9 Å². The van der Waals surface area contributed by atoms with E-state index >= 15 is 0 Å². The zero-order valence-electron chi connectivity index (χ0n) is 15.8. The number of aliphatic hydroxyl groups excluding tert-OH is 1. The Labute approximate surface area is 154 Å². The Morgan fingerprint density at radius 1 is 0.923 bits per heavy atom. The fraction of sp³-hybridized carbons (Fsp3) is 0.450. The van der Waals surface area contributed by atoms with E-state index in [0.29, 0.717) is 0 Å². The largest absolute Gasteiger partial charge is 0.400 e. The summed E-state index contributed by atoms with van der Waals surface area (Å²) < 4.78 is 1.94. The Kier molecular flexibility index (Phi) is 5.83. The van der Waals surface area contributed by atoms with Gasteiger partial charge in [-0.05, 0) is 63.8 Å². The fourth-order valence-corrected chi connectivity index (χ4v) is 3.31. The molecule has 1 saturated heterocycles. The average molecular weight is 353 g/mol. The predicted molar refractivity (Wildman–Crippen MR) is 104 cm³/mol. The number of pyridine rings is 1. The van der Waals surface area contributed by atoms with Gasteiger partial charge < -0.3 is 10.0 Å². The highest BCUT2D eigenvalue weighted by molar-refractivity contribution is 5.42. The second-order valence-corrected chi connectivity index (χ2v) is 6.56. The lowest BCUT2D eigenvalue weighted by molar-refractivity contribution is 0.399. The van der Waals surface area contributed by atoms with Crippen LogP contribution in [-0.2, 0) is 12.8 Å². The molecule has 0 saturated carbocycles. The maximum absolute atomic E-state index is 7.00. The summed E-state index contributed by atoms with van der Waals surface area (Å²) >= 11 is 0. The van der Waals surface area contributed by atoms with Crippen molar-refractivity contribution in [2.75, 3.05) is 25.1 Å². The van der Waals surface area contributed by atoms with E-state index in [0.717, 1.165) is 67.3 Å². The van der Waals surface area contributed by atoms with Crippen LogP contribution in [0.25, 0.3) is 5.65 Å². The molecule has 0 aromatic carbocycles. The monoisotopic (exact) mass is 353 g/mol. The normalized spacial score (nSPS) is 13.8. The number of fused-ring (bicyclic) bond motifs is 1. The fourth-order valence-electron chi connectivity index (χ4n) is 3.31. The minimum absolute atomic E-state index is 0.892. The van der Waals surface area contributed by atoms with E-state index in [9.17, 15) is 0 Å². The number of aryl methyl sites for hydroxylation is 4. The molecule has 1 N–H and O–H groups in total. The third-order valence-electron chi connectivity index (χ3n) is 4.85. The highest BCUT2D eigenvalue weighted by atomic mass is 16.2. The van der Waals surface area contributed by atoms with Crippen molar-refractivity contribution < 1.29 is 5.11 Å². The van der Waals surface area contributed by atoms with Gasteiger partial charge in [0.15, 0.2) is 5.65 Å². The molecule has 0 unspecified atom stereocenters. The second-order valence-electron chi connectivity index (χ2n) is 6.56. The van der Waals surface area contributed by atoms with Gasteiger partial charge in [-0.2, -0.15) is 5.10 Å². The summed E-state index contributed by atoms with van der Waals surface area (Å²) in [4.78, 5) is 11.7. The molecular formula is C20H27N5O. The Hall–Kier alpha value is -2.47. The third kappa shape index (κ3) is 3.85. The topological polar surface area (TPSA) is 66.6 Å². The molecule has 1 aliphatic rings. The quantitative estimate of drug-likeness (QED) is 0.781. The van der Waals surface area contributed by atoms with Crippen LogP contribution in [0.15, 0.2) is 30.3 Å². The summed E-state index contributed by atoms with van der Waals surface area (Å²) in [6.45, 7) is 6.35. The molecular weight excluding hydrogens is 326 g/mol. The van der Waals surface area contributed by atoms with Crippen molar-refractivity contribution in [2.45, 2.75) is 39.5 Å². The van der Waals surface area contributed by atoms with Gasteiger partial charge in [-0.1, -0.05) is 6.07 Å². The third-order valence-corrected chi connectivity index (χ3v) is 4.85. The Bertz CT molecular complexity index is 868. The van der Waals surface area contributed by atoms with Gasteiger partial charge in [0.05, 0.1) is 17.1 Å². The molecule has 6 nitrogen and oxygen atoms in total. The zero-order valence-corrected chi connectivity index (χ0v) is 15.8. The molecule has 138 valence electrons. The summed E-state index contributed by atoms with van der Waals surface area (Å²) in [5.41, 5.74) is 5.29. The maximum Gasteiger partial charge on any atom is 0.154 e. The summed E-state index contributed by atoms with van der Waals surface area (Å²) in [5, 5.41) is 11.7. The SMILES string of the molecule is CO.Cc1nc2ccc(CCc3cccc(N4CCCC4)n3)nn2c1C. The van der Waals surface area contributed by atoms with Crippen molar-refractivity contribution in [1.29, 1.82) is 0 Å². The molecule has 0 aliphatic carbocycles. The van der Waals surface area contributed by atoms with Crippen molar-refractivity contribution in [2.24, 2.45) is 0 Å². The number of hydrogen-bond donors (Lipinski definition) is 1. The van der Waals surface area contributed by atoms with E-state index in [1.54, 1.807) is 0 Å². The van der Waals surface area contributed by atoms with Crippen molar-refractivity contribution >= 4 is 11.5 Å². The smallest absolute Gasteiger partial charge is 0.154 e. The van der Waals surface area contributed by atoms with E-state index in [4.69, 9.17) is 15.2 Å². The molecule has 1 fully saturated rings. The van der Waals surface area contributed by atoms with Crippen LogP contribution >= 0.6 is 0 Å². The molecule has 3 aromatic rings. The van der Waals surface area contributed by atoms with Gasteiger partial charge in [-0.25, -0.2) is 14.5 Å². The molecule has 0 atom stereocenters. The van der Waals surface area contributed by atoms with Gasteiger partial charge in [-0.3, -0.25) is 0 Å². The summed E-state index contributed by atoms with van der Waals surface area (Å²) in [5.74, 6) is 1.12. The molecule has 3 aromatic heterocycles. The average Bonchev–Trinajstić information content (AvgIpc) is 3.31. The van der Waals surface area contributed by atoms with Crippen molar-refractivity contribution in [3.63, 3.8) is 0 Å². The minimum atomic E-state index is 0.892. The Morgan fingerprint density at radius 2 is 1.65 bits per heavy atom. The summed E-state index contributed by atoms with van der Waals surface area (Å²) in [6.07, 6.45) is 4.36.